The Morgan fingerprint density at radius 1 is 0.923 bits per heavy atom. The van der Waals surface area contributed by atoms with Gasteiger partial charge in [0.1, 0.15) is 0 Å². The van der Waals surface area contributed by atoms with Crippen molar-refractivity contribution in [2.75, 3.05) is 0 Å². The summed E-state index contributed by atoms with van der Waals surface area (Å²) in [6.45, 7) is 2.09. The summed E-state index contributed by atoms with van der Waals surface area (Å²) in [7, 11) is 0. The monoisotopic (exact) mass is 166 g/mol. The molecule has 0 N–H and O–H groups in total. The summed E-state index contributed by atoms with van der Waals surface area (Å²) in [5.74, 6) is 0. The molecule has 0 aliphatic rings. The molecule has 2 aromatic rings. The number of hydrogen-bond donors (Lipinski definition) is 0. The van der Waals surface area contributed by atoms with Crippen molar-refractivity contribution >= 4 is 0 Å². The Labute approximate surface area is 78.9 Å². The van der Waals surface area contributed by atoms with E-state index in [2.05, 4.69) is 31.2 Å². The van der Waals surface area contributed by atoms with Crippen LogP contribution in [0.2, 0.25) is 0 Å². The second kappa shape index (κ2) is 3.44. The Morgan fingerprint density at radius 3 is 2.46 bits per heavy atom. The van der Waals surface area contributed by atoms with Crippen LogP contribution in [0.4, 0.5) is 0 Å². The normalized spacial score (nSPS) is 9.92. The maximum Gasteiger partial charge on any atom is -0.00697 e. The van der Waals surface area contributed by atoms with E-state index in [1.54, 1.807) is 0 Å². The van der Waals surface area contributed by atoms with Crippen LogP contribution in [0.5, 0.6) is 0 Å². The lowest BCUT2D eigenvalue weighted by molar-refractivity contribution is 1.45. The van der Waals surface area contributed by atoms with Crippen LogP contribution in [0.3, 0.4) is 0 Å². The third kappa shape index (κ3) is 1.62. The van der Waals surface area contributed by atoms with E-state index in [0.717, 1.165) is 11.1 Å². The van der Waals surface area contributed by atoms with Gasteiger partial charge in [0.05, 0.1) is 0 Å². The molecule has 2 rings (SSSR count). The molecule has 0 unspecified atom stereocenters. The molecule has 0 fully saturated rings. The van der Waals surface area contributed by atoms with Gasteiger partial charge in [-0.15, -0.1) is 0 Å². The second-order valence-electron chi connectivity index (χ2n) is 3.00. The largest absolute Gasteiger partial charge is 0.0616 e. The molecule has 0 spiro atoms. The third-order valence-electron chi connectivity index (χ3n) is 2.04. The van der Waals surface area contributed by atoms with Crippen LogP contribution in [-0.2, 0) is 0 Å². The standard InChI is InChI=1S/C13H10/c1-11-7-5-6-10-13(11)12-8-3-2-4-9-12/h2-8H,1H3. The molecule has 0 aliphatic heterocycles. The van der Waals surface area contributed by atoms with E-state index in [4.69, 9.17) is 0 Å². The fourth-order valence-electron chi connectivity index (χ4n) is 1.36. The van der Waals surface area contributed by atoms with Gasteiger partial charge in [0, 0.05) is 0 Å². The molecule has 0 nitrogen and oxygen atoms in total. The van der Waals surface area contributed by atoms with Crippen LogP contribution in [0.15, 0.2) is 42.5 Å². The molecule has 13 heavy (non-hydrogen) atoms. The number of hydrogen-bond acceptors (Lipinski definition) is 0. The summed E-state index contributed by atoms with van der Waals surface area (Å²) in [6, 6.07) is 20.4. The highest BCUT2D eigenvalue weighted by Gasteiger charge is 1.98. The minimum absolute atomic E-state index is 1.11. The van der Waals surface area contributed by atoms with Gasteiger partial charge in [0.25, 0.3) is 0 Å². The van der Waals surface area contributed by atoms with Crippen molar-refractivity contribution in [2.24, 2.45) is 0 Å². The van der Waals surface area contributed by atoms with E-state index in [9.17, 15) is 0 Å². The average Bonchev–Trinajstić information content (AvgIpc) is 2.20. The minimum atomic E-state index is 1.11. The molecular formula is C13H10. The fourth-order valence-corrected chi connectivity index (χ4v) is 1.36. The number of aryl methyl sites for hydroxylation is 1. The third-order valence-corrected chi connectivity index (χ3v) is 2.04. The van der Waals surface area contributed by atoms with Crippen LogP contribution in [-0.4, -0.2) is 0 Å². The first-order valence-corrected chi connectivity index (χ1v) is 4.32. The van der Waals surface area contributed by atoms with E-state index in [0.29, 0.717) is 0 Å². The second-order valence-corrected chi connectivity index (χ2v) is 3.00. The summed E-state index contributed by atoms with van der Waals surface area (Å²) in [5, 5.41) is 0. The Bertz CT molecular complexity index is 388. The highest BCUT2D eigenvalue weighted by molar-refractivity contribution is 5.65. The maximum atomic E-state index is 3.22. The van der Waals surface area contributed by atoms with Gasteiger partial charge in [0.2, 0.25) is 0 Å². The first-order chi connectivity index (χ1) is 6.38. The molecule has 62 valence electrons. The molecule has 0 aliphatic carbocycles. The molecule has 0 atom stereocenters. The van der Waals surface area contributed by atoms with Crippen molar-refractivity contribution in [3.63, 3.8) is 0 Å². The molecule has 0 bridgehead atoms. The summed E-state index contributed by atoms with van der Waals surface area (Å²) in [6.07, 6.45) is 0. The summed E-state index contributed by atoms with van der Waals surface area (Å²) >= 11 is 0. The van der Waals surface area contributed by atoms with Crippen LogP contribution >= 0.6 is 0 Å². The van der Waals surface area contributed by atoms with Crippen LogP contribution < -0.4 is 0 Å². The lowest BCUT2D eigenvalue weighted by atomic mass is 10.0. The van der Waals surface area contributed by atoms with E-state index in [1.807, 2.05) is 30.3 Å². The minimum Gasteiger partial charge on any atom is -0.0616 e. The van der Waals surface area contributed by atoms with Crippen molar-refractivity contribution in [2.45, 2.75) is 6.92 Å². The summed E-state index contributed by atoms with van der Waals surface area (Å²) in [5.41, 5.74) is 3.49. The Morgan fingerprint density at radius 2 is 1.77 bits per heavy atom. The highest BCUT2D eigenvalue weighted by atomic mass is 14.0. The molecule has 0 heterocycles. The lowest BCUT2D eigenvalue weighted by Gasteiger charge is -2.03. The molecule has 0 heteroatoms. The molecule has 0 saturated heterocycles. The van der Waals surface area contributed by atoms with Crippen molar-refractivity contribution in [1.82, 2.24) is 0 Å². The van der Waals surface area contributed by atoms with Gasteiger partial charge in [-0.2, -0.15) is 0 Å². The molecular weight excluding hydrogens is 156 g/mol. The van der Waals surface area contributed by atoms with Crippen molar-refractivity contribution in [3.05, 3.63) is 60.2 Å². The van der Waals surface area contributed by atoms with E-state index < -0.39 is 0 Å². The van der Waals surface area contributed by atoms with Gasteiger partial charge in [-0.3, -0.25) is 0 Å². The van der Waals surface area contributed by atoms with Gasteiger partial charge in [0.15, 0.2) is 0 Å². The van der Waals surface area contributed by atoms with Crippen molar-refractivity contribution in [3.8, 4) is 11.1 Å². The van der Waals surface area contributed by atoms with Crippen LogP contribution in [0.1, 0.15) is 5.56 Å². The summed E-state index contributed by atoms with van der Waals surface area (Å²) < 4.78 is 0. The van der Waals surface area contributed by atoms with Gasteiger partial charge < -0.3 is 0 Å². The molecule has 0 aromatic heterocycles. The smallest absolute Gasteiger partial charge is 0.00697 e. The highest BCUT2D eigenvalue weighted by Crippen LogP contribution is 2.20. The topological polar surface area (TPSA) is 0 Å². The zero-order valence-electron chi connectivity index (χ0n) is 7.54. The molecule has 2 radical (unpaired) electrons. The number of rotatable bonds is 1. The van der Waals surface area contributed by atoms with Crippen LogP contribution in [0.25, 0.3) is 11.1 Å². The molecule has 0 saturated carbocycles. The molecule has 2 aromatic carbocycles. The maximum absolute atomic E-state index is 3.22. The zero-order valence-corrected chi connectivity index (χ0v) is 7.54. The zero-order chi connectivity index (χ0) is 9.10. The van der Waals surface area contributed by atoms with Crippen molar-refractivity contribution in [1.29, 1.82) is 0 Å². The predicted octanol–water partition coefficient (Wildman–Crippen LogP) is 3.26. The van der Waals surface area contributed by atoms with Crippen molar-refractivity contribution < 1.29 is 0 Å². The van der Waals surface area contributed by atoms with Gasteiger partial charge >= 0.3 is 0 Å². The first kappa shape index (κ1) is 8.06. The average molecular weight is 166 g/mol. The fraction of sp³-hybridized carbons (Fsp3) is 0.0769. The Balaban J connectivity index is 2.54. The van der Waals surface area contributed by atoms with Crippen LogP contribution in [0, 0.1) is 19.1 Å². The SMILES string of the molecule is Cc1ccc[c]c1-c1[c]cccc1. The van der Waals surface area contributed by atoms with E-state index in [-0.39, 0.29) is 0 Å². The van der Waals surface area contributed by atoms with Gasteiger partial charge in [-0.1, -0.05) is 42.5 Å². The van der Waals surface area contributed by atoms with Gasteiger partial charge in [-0.05, 0) is 35.7 Å². The lowest BCUT2D eigenvalue weighted by Crippen LogP contribution is -1.81. The molecule has 0 amide bonds. The Hall–Kier alpha value is -1.56. The van der Waals surface area contributed by atoms with Gasteiger partial charge in [-0.25, -0.2) is 0 Å². The predicted molar refractivity (Wildman–Crippen MR) is 54.3 cm³/mol. The summed E-state index contributed by atoms with van der Waals surface area (Å²) in [4.78, 5) is 0. The number of benzene rings is 2. The quantitative estimate of drug-likeness (QED) is 0.610. The van der Waals surface area contributed by atoms with E-state index >= 15 is 0 Å². The van der Waals surface area contributed by atoms with E-state index in [1.165, 1.54) is 5.56 Å². The Kier molecular flexibility index (Phi) is 2.13. The first-order valence-electron chi connectivity index (χ1n) is 4.32.